The van der Waals surface area contributed by atoms with Gasteiger partial charge in [-0.2, -0.15) is 0 Å². The highest BCUT2D eigenvalue weighted by molar-refractivity contribution is 7.11. The minimum Gasteiger partial charge on any atom is -0.476 e. The molecule has 7 heteroatoms. The van der Waals surface area contributed by atoms with E-state index in [1.807, 2.05) is 6.92 Å². The van der Waals surface area contributed by atoms with Gasteiger partial charge >= 0.3 is 5.97 Å². The van der Waals surface area contributed by atoms with E-state index in [2.05, 4.69) is 15.2 Å². The van der Waals surface area contributed by atoms with Crippen molar-refractivity contribution < 1.29 is 14.7 Å². The Bertz CT molecular complexity index is 469. The van der Waals surface area contributed by atoms with Crippen LogP contribution in [0.15, 0.2) is 5.38 Å². The number of rotatable bonds is 5. The Kier molecular flexibility index (Phi) is 4.49. The second-order valence-electron chi connectivity index (χ2n) is 4.73. The SMILES string of the molecule is CC(CN1CCCC1)NC(=O)c1nc(C(=O)O)cs1. The quantitative estimate of drug-likeness (QED) is 0.844. The highest BCUT2D eigenvalue weighted by Crippen LogP contribution is 2.11. The molecule has 1 aliphatic heterocycles. The summed E-state index contributed by atoms with van der Waals surface area (Å²) in [6.07, 6.45) is 2.43. The predicted molar refractivity (Wildman–Crippen MR) is 71.7 cm³/mol. The normalized spacial score (nSPS) is 17.3. The van der Waals surface area contributed by atoms with Crippen molar-refractivity contribution in [2.24, 2.45) is 0 Å². The molecule has 0 aromatic carbocycles. The van der Waals surface area contributed by atoms with Gasteiger partial charge in [0.1, 0.15) is 0 Å². The van der Waals surface area contributed by atoms with Crippen molar-refractivity contribution in [3.8, 4) is 0 Å². The molecule has 1 atom stereocenters. The molecule has 1 aliphatic rings. The second-order valence-corrected chi connectivity index (χ2v) is 5.58. The maximum absolute atomic E-state index is 11.9. The lowest BCUT2D eigenvalue weighted by molar-refractivity contribution is 0.0691. The van der Waals surface area contributed by atoms with Crippen molar-refractivity contribution >= 4 is 23.2 Å². The standard InChI is InChI=1S/C12H17N3O3S/c1-8(6-15-4-2-3-5-15)13-10(16)11-14-9(7-19-11)12(17)18/h7-8H,2-6H2,1H3,(H,13,16)(H,17,18). The molecule has 1 aromatic rings. The molecule has 0 aliphatic carbocycles. The lowest BCUT2D eigenvalue weighted by Crippen LogP contribution is -2.41. The number of hydrogen-bond acceptors (Lipinski definition) is 5. The number of nitrogens with zero attached hydrogens (tertiary/aromatic N) is 2. The first-order chi connectivity index (χ1) is 9.06. The molecule has 0 spiro atoms. The molecule has 2 heterocycles. The van der Waals surface area contributed by atoms with Crippen molar-refractivity contribution in [2.45, 2.75) is 25.8 Å². The maximum Gasteiger partial charge on any atom is 0.355 e. The van der Waals surface area contributed by atoms with E-state index in [0.717, 1.165) is 31.0 Å². The van der Waals surface area contributed by atoms with Crippen LogP contribution in [-0.4, -0.2) is 52.5 Å². The van der Waals surface area contributed by atoms with Gasteiger partial charge in [-0.3, -0.25) is 4.79 Å². The average Bonchev–Trinajstić information content (AvgIpc) is 2.98. The van der Waals surface area contributed by atoms with Gasteiger partial charge in [0.2, 0.25) is 0 Å². The Morgan fingerprint density at radius 1 is 1.53 bits per heavy atom. The first-order valence-corrected chi connectivity index (χ1v) is 7.16. The van der Waals surface area contributed by atoms with Gasteiger partial charge in [-0.15, -0.1) is 11.3 Å². The summed E-state index contributed by atoms with van der Waals surface area (Å²) < 4.78 is 0. The molecule has 0 bridgehead atoms. The van der Waals surface area contributed by atoms with Crippen LogP contribution in [-0.2, 0) is 0 Å². The minimum atomic E-state index is -1.11. The molecule has 1 fully saturated rings. The number of hydrogen-bond donors (Lipinski definition) is 2. The van der Waals surface area contributed by atoms with E-state index in [1.165, 1.54) is 18.2 Å². The smallest absolute Gasteiger partial charge is 0.355 e. The Balaban J connectivity index is 1.86. The van der Waals surface area contributed by atoms with E-state index in [9.17, 15) is 9.59 Å². The minimum absolute atomic E-state index is 0.0304. The zero-order valence-corrected chi connectivity index (χ0v) is 11.6. The van der Waals surface area contributed by atoms with Crippen molar-refractivity contribution in [1.82, 2.24) is 15.2 Å². The van der Waals surface area contributed by atoms with Crippen LogP contribution < -0.4 is 5.32 Å². The van der Waals surface area contributed by atoms with Gasteiger partial charge in [-0.1, -0.05) is 0 Å². The zero-order chi connectivity index (χ0) is 13.8. The number of carboxylic acid groups (broad SMARTS) is 1. The summed E-state index contributed by atoms with van der Waals surface area (Å²) in [6, 6.07) is 0.0304. The molecule has 2 N–H and O–H groups in total. The topological polar surface area (TPSA) is 82.5 Å². The number of likely N-dealkylation sites (tertiary alicyclic amines) is 1. The number of carbonyl (C=O) groups is 2. The number of carbonyl (C=O) groups excluding carboxylic acids is 1. The Labute approximate surface area is 115 Å². The molecule has 104 valence electrons. The van der Waals surface area contributed by atoms with Crippen molar-refractivity contribution in [1.29, 1.82) is 0 Å². The fourth-order valence-electron chi connectivity index (χ4n) is 2.16. The maximum atomic E-state index is 11.9. The monoisotopic (exact) mass is 283 g/mol. The van der Waals surface area contributed by atoms with Gasteiger partial charge in [-0.25, -0.2) is 9.78 Å². The molecule has 1 aromatic heterocycles. The molecule has 1 saturated heterocycles. The third kappa shape index (κ3) is 3.74. The third-order valence-corrected chi connectivity index (χ3v) is 3.87. The fourth-order valence-corrected chi connectivity index (χ4v) is 2.85. The molecule has 6 nitrogen and oxygen atoms in total. The number of carboxylic acids is 1. The van der Waals surface area contributed by atoms with Crippen molar-refractivity contribution in [3.63, 3.8) is 0 Å². The van der Waals surface area contributed by atoms with Crippen LogP contribution in [0.3, 0.4) is 0 Å². The van der Waals surface area contributed by atoms with Gasteiger partial charge < -0.3 is 15.3 Å². The van der Waals surface area contributed by atoms with Crippen LogP contribution in [0.25, 0.3) is 0 Å². The zero-order valence-electron chi connectivity index (χ0n) is 10.8. The summed E-state index contributed by atoms with van der Waals surface area (Å²) in [7, 11) is 0. The van der Waals surface area contributed by atoms with Crippen LogP contribution in [0, 0.1) is 0 Å². The molecule has 1 unspecified atom stereocenters. The molecule has 0 saturated carbocycles. The summed E-state index contributed by atoms with van der Waals surface area (Å²) in [5, 5.41) is 13.2. The van der Waals surface area contributed by atoms with Crippen molar-refractivity contribution in [2.75, 3.05) is 19.6 Å². The first-order valence-electron chi connectivity index (χ1n) is 6.28. The van der Waals surface area contributed by atoms with Crippen molar-refractivity contribution in [3.05, 3.63) is 16.1 Å². The molecule has 1 amide bonds. The average molecular weight is 283 g/mol. The van der Waals surface area contributed by atoms with Crippen LogP contribution in [0.5, 0.6) is 0 Å². The molecule has 2 rings (SSSR count). The summed E-state index contributed by atoms with van der Waals surface area (Å²) in [5.41, 5.74) is -0.0812. The molecular weight excluding hydrogens is 266 g/mol. The largest absolute Gasteiger partial charge is 0.476 e. The number of aromatic nitrogens is 1. The Morgan fingerprint density at radius 3 is 2.79 bits per heavy atom. The van der Waals surface area contributed by atoms with E-state index >= 15 is 0 Å². The van der Waals surface area contributed by atoms with E-state index in [4.69, 9.17) is 5.11 Å². The third-order valence-electron chi connectivity index (χ3n) is 3.03. The summed E-state index contributed by atoms with van der Waals surface area (Å²) in [6.45, 7) is 4.94. The van der Waals surface area contributed by atoms with Crippen LogP contribution in [0.1, 0.15) is 40.1 Å². The van der Waals surface area contributed by atoms with Gasteiger partial charge in [0.25, 0.3) is 5.91 Å². The highest BCUT2D eigenvalue weighted by Gasteiger charge is 2.19. The lowest BCUT2D eigenvalue weighted by Gasteiger charge is -2.20. The second kappa shape index (κ2) is 6.12. The van der Waals surface area contributed by atoms with E-state index in [1.54, 1.807) is 0 Å². The van der Waals surface area contributed by atoms with Crippen LogP contribution >= 0.6 is 11.3 Å². The molecular formula is C12H17N3O3S. The molecule has 0 radical (unpaired) electrons. The number of aromatic carboxylic acids is 1. The summed E-state index contributed by atoms with van der Waals surface area (Å²) in [4.78, 5) is 28.7. The lowest BCUT2D eigenvalue weighted by atomic mass is 10.3. The number of nitrogens with one attached hydrogen (secondary N) is 1. The van der Waals surface area contributed by atoms with E-state index < -0.39 is 5.97 Å². The van der Waals surface area contributed by atoms with Gasteiger partial charge in [0.15, 0.2) is 10.7 Å². The number of amides is 1. The molecule has 19 heavy (non-hydrogen) atoms. The first kappa shape index (κ1) is 14.0. The Hall–Kier alpha value is -1.47. The van der Waals surface area contributed by atoms with E-state index in [-0.39, 0.29) is 22.7 Å². The van der Waals surface area contributed by atoms with Gasteiger partial charge in [0, 0.05) is 18.0 Å². The highest BCUT2D eigenvalue weighted by atomic mass is 32.1. The fraction of sp³-hybridized carbons (Fsp3) is 0.583. The number of thiazole rings is 1. The van der Waals surface area contributed by atoms with Crippen LogP contribution in [0.4, 0.5) is 0 Å². The van der Waals surface area contributed by atoms with Gasteiger partial charge in [-0.05, 0) is 32.9 Å². The predicted octanol–water partition coefficient (Wildman–Crippen LogP) is 1.06. The summed E-state index contributed by atoms with van der Waals surface area (Å²) in [5.74, 6) is -1.41. The Morgan fingerprint density at radius 2 is 2.21 bits per heavy atom. The summed E-state index contributed by atoms with van der Waals surface area (Å²) >= 11 is 1.05. The van der Waals surface area contributed by atoms with Gasteiger partial charge in [0.05, 0.1) is 0 Å². The van der Waals surface area contributed by atoms with E-state index in [0.29, 0.717) is 0 Å². The van der Waals surface area contributed by atoms with Crippen LogP contribution in [0.2, 0.25) is 0 Å².